The van der Waals surface area contributed by atoms with Gasteiger partial charge in [-0.15, -0.1) is 0 Å². The summed E-state index contributed by atoms with van der Waals surface area (Å²) >= 11 is 0. The number of hydrogen-bond donors (Lipinski definition) is 4. The summed E-state index contributed by atoms with van der Waals surface area (Å²) in [5.74, 6) is -3.18. The number of ether oxygens (including phenoxy) is 2. The van der Waals surface area contributed by atoms with E-state index in [4.69, 9.17) is 15.2 Å². The predicted molar refractivity (Wildman–Crippen MR) is 168 cm³/mol. The second-order valence-electron chi connectivity index (χ2n) is 12.7. The first-order chi connectivity index (χ1) is 20.9. The number of benzene rings is 2. The van der Waals surface area contributed by atoms with Crippen LogP contribution in [0.25, 0.3) is 0 Å². The molecule has 4 amide bonds. The summed E-state index contributed by atoms with van der Waals surface area (Å²) in [7, 11) is 0. The van der Waals surface area contributed by atoms with Gasteiger partial charge in [0.15, 0.2) is 0 Å². The van der Waals surface area contributed by atoms with Crippen LogP contribution >= 0.6 is 0 Å². The zero-order valence-electron chi connectivity index (χ0n) is 27.1. The molecule has 3 unspecified atom stereocenters. The van der Waals surface area contributed by atoms with Crippen molar-refractivity contribution in [2.75, 3.05) is 13.2 Å². The number of nitrogens with zero attached hydrogens (tertiary/aromatic N) is 1. The summed E-state index contributed by atoms with van der Waals surface area (Å²) in [6.45, 7) is 10.8. The van der Waals surface area contributed by atoms with Crippen molar-refractivity contribution in [2.24, 2.45) is 5.73 Å². The Bertz CT molecular complexity index is 1330. The number of esters is 1. The Morgan fingerprint density at radius 2 is 1.42 bits per heavy atom. The lowest BCUT2D eigenvalue weighted by Crippen LogP contribution is -2.56. The number of aryl methyl sites for hydroxylation is 1. The summed E-state index contributed by atoms with van der Waals surface area (Å²) in [4.78, 5) is 67.3. The smallest absolute Gasteiger partial charge is 0.408 e. The number of aliphatic hydroxyl groups is 1. The van der Waals surface area contributed by atoms with E-state index in [1.54, 1.807) is 97.0 Å². The highest BCUT2D eigenvalue weighted by Crippen LogP contribution is 2.26. The van der Waals surface area contributed by atoms with Crippen LogP contribution in [-0.4, -0.2) is 76.2 Å². The van der Waals surface area contributed by atoms with Crippen LogP contribution in [0.2, 0.25) is 0 Å². The fraction of sp³-hybridized carbons (Fsp3) is 0.485. The third-order valence-electron chi connectivity index (χ3n) is 6.35. The van der Waals surface area contributed by atoms with E-state index < -0.39 is 72.1 Å². The molecule has 0 saturated heterocycles. The van der Waals surface area contributed by atoms with Crippen molar-refractivity contribution in [3.63, 3.8) is 0 Å². The van der Waals surface area contributed by atoms with Crippen LogP contribution in [0, 0.1) is 6.92 Å². The maximum Gasteiger partial charge on any atom is 0.408 e. The minimum Gasteiger partial charge on any atom is -0.458 e. The molecule has 0 aliphatic rings. The molecule has 0 aliphatic carbocycles. The summed E-state index contributed by atoms with van der Waals surface area (Å²) in [5, 5.41) is 15.2. The van der Waals surface area contributed by atoms with Gasteiger partial charge in [0.1, 0.15) is 29.3 Å². The molecule has 0 radical (unpaired) electrons. The number of hydrogen-bond acceptors (Lipinski definition) is 8. The maximum absolute atomic E-state index is 14.2. The first kappa shape index (κ1) is 36.7. The number of carbonyl (C=O) groups excluding carboxylic acids is 5. The van der Waals surface area contributed by atoms with Gasteiger partial charge in [-0.2, -0.15) is 0 Å². The van der Waals surface area contributed by atoms with E-state index in [1.807, 2.05) is 6.07 Å². The molecule has 0 aromatic heterocycles. The number of amides is 4. The Morgan fingerprint density at radius 3 is 1.96 bits per heavy atom. The fourth-order valence-electron chi connectivity index (χ4n) is 4.54. The SMILES string of the molecule is Cc1ccccc1C(C(=O)NC(Cc1ccccc1)C(=O)OC(C)(C)C)N(CCO)C(=O)C(CC(N)=O)NC(=O)OC(C)(C)C. The van der Waals surface area contributed by atoms with Crippen molar-refractivity contribution in [3.05, 3.63) is 71.3 Å². The highest BCUT2D eigenvalue weighted by atomic mass is 16.6. The average molecular weight is 627 g/mol. The molecule has 5 N–H and O–H groups in total. The normalized spacial score (nSPS) is 13.5. The van der Waals surface area contributed by atoms with Gasteiger partial charge in [-0.05, 0) is 65.2 Å². The van der Waals surface area contributed by atoms with Crippen LogP contribution in [0.5, 0.6) is 0 Å². The van der Waals surface area contributed by atoms with Crippen molar-refractivity contribution in [2.45, 2.75) is 90.6 Å². The molecule has 12 nitrogen and oxygen atoms in total. The van der Waals surface area contributed by atoms with E-state index in [1.165, 1.54) is 0 Å². The number of aliphatic hydroxyl groups excluding tert-OH is 1. The van der Waals surface area contributed by atoms with Gasteiger partial charge in [-0.3, -0.25) is 14.4 Å². The Morgan fingerprint density at radius 1 is 0.844 bits per heavy atom. The molecule has 0 aliphatic heterocycles. The molecule has 2 rings (SSSR count). The van der Waals surface area contributed by atoms with Crippen molar-refractivity contribution in [1.29, 1.82) is 0 Å². The van der Waals surface area contributed by atoms with Crippen LogP contribution in [-0.2, 0) is 35.1 Å². The number of primary amides is 1. The lowest BCUT2D eigenvalue weighted by Gasteiger charge is -2.35. The summed E-state index contributed by atoms with van der Waals surface area (Å²) in [6, 6.07) is 11.8. The van der Waals surface area contributed by atoms with E-state index >= 15 is 0 Å². The molecule has 0 heterocycles. The van der Waals surface area contributed by atoms with Crippen LogP contribution in [0.15, 0.2) is 54.6 Å². The van der Waals surface area contributed by atoms with Gasteiger partial charge < -0.3 is 35.8 Å². The number of carbonyl (C=O) groups is 5. The molecule has 2 aromatic rings. The lowest BCUT2D eigenvalue weighted by atomic mass is 9.97. The van der Waals surface area contributed by atoms with Gasteiger partial charge in [-0.1, -0.05) is 54.6 Å². The van der Waals surface area contributed by atoms with Crippen molar-refractivity contribution in [1.82, 2.24) is 15.5 Å². The molecule has 0 spiro atoms. The van der Waals surface area contributed by atoms with Crippen LogP contribution < -0.4 is 16.4 Å². The highest BCUT2D eigenvalue weighted by Gasteiger charge is 2.39. The highest BCUT2D eigenvalue weighted by molar-refractivity contribution is 5.95. The molecular formula is C33H46N4O8. The summed E-state index contributed by atoms with van der Waals surface area (Å²) in [5.41, 5.74) is 5.46. The van der Waals surface area contributed by atoms with Crippen LogP contribution in [0.1, 0.15) is 70.7 Å². The van der Waals surface area contributed by atoms with Gasteiger partial charge in [-0.25, -0.2) is 9.59 Å². The second kappa shape index (κ2) is 16.0. The molecule has 0 saturated carbocycles. The van der Waals surface area contributed by atoms with E-state index in [2.05, 4.69) is 10.6 Å². The monoisotopic (exact) mass is 626 g/mol. The number of nitrogens with one attached hydrogen (secondary N) is 2. The third kappa shape index (κ3) is 12.2. The van der Waals surface area contributed by atoms with E-state index in [9.17, 15) is 29.1 Å². The van der Waals surface area contributed by atoms with E-state index in [0.29, 0.717) is 11.1 Å². The average Bonchev–Trinajstić information content (AvgIpc) is 2.91. The van der Waals surface area contributed by atoms with Crippen LogP contribution in [0.4, 0.5) is 4.79 Å². The van der Waals surface area contributed by atoms with E-state index in [-0.39, 0.29) is 13.0 Å². The Hall–Kier alpha value is -4.45. The van der Waals surface area contributed by atoms with Crippen molar-refractivity contribution in [3.8, 4) is 0 Å². The summed E-state index contributed by atoms with van der Waals surface area (Å²) < 4.78 is 10.9. The topological polar surface area (TPSA) is 177 Å². The fourth-order valence-corrected chi connectivity index (χ4v) is 4.54. The van der Waals surface area contributed by atoms with Crippen molar-refractivity contribution >= 4 is 29.8 Å². The van der Waals surface area contributed by atoms with Gasteiger partial charge >= 0.3 is 12.1 Å². The molecule has 0 bridgehead atoms. The number of alkyl carbamates (subject to hydrolysis) is 1. The largest absolute Gasteiger partial charge is 0.458 e. The van der Waals surface area contributed by atoms with Gasteiger partial charge in [0, 0.05) is 13.0 Å². The zero-order valence-corrected chi connectivity index (χ0v) is 27.1. The lowest BCUT2D eigenvalue weighted by molar-refractivity contribution is -0.159. The zero-order chi connectivity index (χ0) is 33.9. The quantitative estimate of drug-likeness (QED) is 0.245. The Labute approximate surface area is 264 Å². The molecule has 3 atom stereocenters. The molecular weight excluding hydrogens is 580 g/mol. The molecule has 0 fully saturated rings. The third-order valence-corrected chi connectivity index (χ3v) is 6.35. The first-order valence-electron chi connectivity index (χ1n) is 14.7. The standard InChI is InChI=1S/C33H46N4O8/c1-21-13-11-12-16-23(21)27(28(40)35-25(30(42)44-32(2,3)4)19-22-14-9-8-10-15-22)37(17-18-38)29(41)24(20-26(34)39)36-31(43)45-33(5,6)7/h8-16,24-25,27,38H,17-20H2,1-7H3,(H2,34,39)(H,35,40)(H,36,43). The predicted octanol–water partition coefficient (Wildman–Crippen LogP) is 2.69. The molecule has 45 heavy (non-hydrogen) atoms. The second-order valence-corrected chi connectivity index (χ2v) is 12.7. The molecule has 246 valence electrons. The Kier molecular flexibility index (Phi) is 13.1. The first-order valence-corrected chi connectivity index (χ1v) is 14.7. The summed E-state index contributed by atoms with van der Waals surface area (Å²) in [6.07, 6.45) is -1.48. The van der Waals surface area contributed by atoms with Gasteiger partial charge in [0.25, 0.3) is 0 Å². The number of rotatable bonds is 13. The maximum atomic E-state index is 14.2. The minimum absolute atomic E-state index is 0.0977. The Balaban J connectivity index is 2.59. The van der Waals surface area contributed by atoms with Gasteiger partial charge in [0.05, 0.1) is 13.0 Å². The molecule has 12 heteroatoms. The minimum atomic E-state index is -1.52. The van der Waals surface area contributed by atoms with Gasteiger partial charge in [0.2, 0.25) is 17.7 Å². The van der Waals surface area contributed by atoms with E-state index in [0.717, 1.165) is 10.5 Å². The van der Waals surface area contributed by atoms with Crippen LogP contribution in [0.3, 0.4) is 0 Å². The van der Waals surface area contributed by atoms with Crippen molar-refractivity contribution < 1.29 is 38.6 Å². The molecule has 2 aromatic carbocycles. The number of nitrogens with two attached hydrogens (primary N) is 1.